The fraction of sp³-hybridized carbons (Fsp3) is 0.350. The molecule has 0 saturated heterocycles. The molecular weight excluding hydrogens is 364 g/mol. The predicted molar refractivity (Wildman–Crippen MR) is 107 cm³/mol. The van der Waals surface area contributed by atoms with E-state index >= 15 is 0 Å². The lowest BCUT2D eigenvalue weighted by molar-refractivity contribution is 0.102. The van der Waals surface area contributed by atoms with Gasteiger partial charge in [-0.25, -0.2) is 13.1 Å². The molecule has 0 aliphatic rings. The van der Waals surface area contributed by atoms with Crippen LogP contribution < -0.4 is 10.0 Å². The van der Waals surface area contributed by atoms with Gasteiger partial charge in [0.25, 0.3) is 5.91 Å². The van der Waals surface area contributed by atoms with E-state index in [1.165, 1.54) is 31.4 Å². The summed E-state index contributed by atoms with van der Waals surface area (Å²) in [7, 11) is -2.11. The van der Waals surface area contributed by atoms with Gasteiger partial charge in [-0.3, -0.25) is 4.79 Å². The van der Waals surface area contributed by atoms with Gasteiger partial charge in [0.2, 0.25) is 10.0 Å². The lowest BCUT2D eigenvalue weighted by atomic mass is 10.0. The molecule has 0 spiro atoms. The molecule has 7 heteroatoms. The van der Waals surface area contributed by atoms with Gasteiger partial charge in [0.1, 0.15) is 0 Å². The molecule has 0 unspecified atom stereocenters. The Bertz CT molecular complexity index is 855. The fourth-order valence-electron chi connectivity index (χ4n) is 2.74. The molecule has 0 aromatic heterocycles. The largest absolute Gasteiger partial charge is 0.383 e. The zero-order valence-corrected chi connectivity index (χ0v) is 16.7. The highest BCUT2D eigenvalue weighted by atomic mass is 32.2. The van der Waals surface area contributed by atoms with Crippen molar-refractivity contribution in [3.63, 3.8) is 0 Å². The molecule has 0 fully saturated rings. The van der Waals surface area contributed by atoms with Gasteiger partial charge in [0.05, 0.1) is 11.5 Å². The van der Waals surface area contributed by atoms with Gasteiger partial charge in [-0.15, -0.1) is 0 Å². The minimum Gasteiger partial charge on any atom is -0.383 e. The van der Waals surface area contributed by atoms with Crippen LogP contribution in [0.1, 0.15) is 35.3 Å². The van der Waals surface area contributed by atoms with Crippen molar-refractivity contribution in [2.24, 2.45) is 0 Å². The highest BCUT2D eigenvalue weighted by Gasteiger charge is 2.16. The second-order valence-electron chi connectivity index (χ2n) is 6.03. The topological polar surface area (TPSA) is 84.5 Å². The molecule has 0 heterocycles. The maximum absolute atomic E-state index is 12.6. The Morgan fingerprint density at radius 2 is 1.59 bits per heavy atom. The summed E-state index contributed by atoms with van der Waals surface area (Å²) in [5, 5.41) is 2.98. The Hall–Kier alpha value is -2.22. The first-order chi connectivity index (χ1) is 12.9. The molecule has 0 aliphatic heterocycles. The third kappa shape index (κ3) is 5.38. The highest BCUT2D eigenvalue weighted by molar-refractivity contribution is 7.89. The number of benzene rings is 2. The zero-order valence-electron chi connectivity index (χ0n) is 15.9. The second kappa shape index (κ2) is 9.64. The van der Waals surface area contributed by atoms with Gasteiger partial charge in [0.15, 0.2) is 0 Å². The van der Waals surface area contributed by atoms with Crippen molar-refractivity contribution in [3.8, 4) is 0 Å². The van der Waals surface area contributed by atoms with Crippen LogP contribution in [0.2, 0.25) is 0 Å². The lowest BCUT2D eigenvalue weighted by Gasteiger charge is -2.14. The summed E-state index contributed by atoms with van der Waals surface area (Å²) < 4.78 is 31.6. The Balaban J connectivity index is 2.17. The minimum atomic E-state index is -3.62. The number of nitrogens with one attached hydrogen (secondary N) is 2. The Kier molecular flexibility index (Phi) is 7.53. The van der Waals surface area contributed by atoms with Gasteiger partial charge in [-0.1, -0.05) is 32.0 Å². The van der Waals surface area contributed by atoms with Crippen LogP contribution in [-0.2, 0) is 27.6 Å². The lowest BCUT2D eigenvalue weighted by Crippen LogP contribution is -2.27. The number of hydrogen-bond acceptors (Lipinski definition) is 4. The van der Waals surface area contributed by atoms with Crippen molar-refractivity contribution in [3.05, 3.63) is 59.2 Å². The maximum atomic E-state index is 12.6. The van der Waals surface area contributed by atoms with Crippen LogP contribution in [0.5, 0.6) is 0 Å². The van der Waals surface area contributed by atoms with Crippen LogP contribution in [0.15, 0.2) is 47.4 Å². The van der Waals surface area contributed by atoms with E-state index in [1.807, 2.05) is 32.0 Å². The minimum absolute atomic E-state index is 0.110. The van der Waals surface area contributed by atoms with Crippen molar-refractivity contribution < 1.29 is 17.9 Å². The van der Waals surface area contributed by atoms with E-state index in [1.54, 1.807) is 0 Å². The fourth-order valence-corrected chi connectivity index (χ4v) is 3.75. The second-order valence-corrected chi connectivity index (χ2v) is 7.79. The van der Waals surface area contributed by atoms with Crippen LogP contribution in [-0.4, -0.2) is 34.6 Å². The molecule has 6 nitrogen and oxygen atoms in total. The highest BCUT2D eigenvalue weighted by Crippen LogP contribution is 2.23. The molecule has 0 saturated carbocycles. The zero-order chi connectivity index (χ0) is 19.9. The van der Waals surface area contributed by atoms with Gasteiger partial charge >= 0.3 is 0 Å². The number of para-hydroxylation sites is 1. The summed E-state index contributed by atoms with van der Waals surface area (Å²) in [5.74, 6) is -0.262. The number of aryl methyl sites for hydroxylation is 2. The quantitative estimate of drug-likeness (QED) is 0.645. The molecule has 2 aromatic carbocycles. The third-order valence-electron chi connectivity index (χ3n) is 4.26. The van der Waals surface area contributed by atoms with Crippen LogP contribution >= 0.6 is 0 Å². The van der Waals surface area contributed by atoms with Crippen LogP contribution in [0.25, 0.3) is 0 Å². The average Bonchev–Trinajstić information content (AvgIpc) is 2.68. The molecule has 0 bridgehead atoms. The van der Waals surface area contributed by atoms with Gasteiger partial charge in [-0.2, -0.15) is 0 Å². The molecule has 0 radical (unpaired) electrons. The number of carbonyl (C=O) groups is 1. The molecule has 0 atom stereocenters. The van der Waals surface area contributed by atoms with Crippen molar-refractivity contribution in [1.29, 1.82) is 0 Å². The smallest absolute Gasteiger partial charge is 0.255 e. The normalized spacial score (nSPS) is 11.4. The number of sulfonamides is 1. The summed E-state index contributed by atoms with van der Waals surface area (Å²) in [6.07, 6.45) is 1.63. The van der Waals surface area contributed by atoms with Gasteiger partial charge in [-0.05, 0) is 48.2 Å². The summed E-state index contributed by atoms with van der Waals surface area (Å²) in [6, 6.07) is 11.9. The molecule has 146 valence electrons. The number of amides is 1. The monoisotopic (exact) mass is 390 g/mol. The third-order valence-corrected chi connectivity index (χ3v) is 5.74. The molecule has 27 heavy (non-hydrogen) atoms. The van der Waals surface area contributed by atoms with E-state index in [0.717, 1.165) is 29.7 Å². The van der Waals surface area contributed by atoms with Gasteiger partial charge in [0, 0.05) is 24.9 Å². The number of rotatable bonds is 9. The summed E-state index contributed by atoms with van der Waals surface area (Å²) in [6.45, 7) is 4.56. The van der Waals surface area contributed by atoms with E-state index in [2.05, 4.69) is 10.0 Å². The first-order valence-corrected chi connectivity index (χ1v) is 10.4. The van der Waals surface area contributed by atoms with E-state index in [9.17, 15) is 13.2 Å². The van der Waals surface area contributed by atoms with Crippen molar-refractivity contribution in [2.45, 2.75) is 31.6 Å². The number of anilines is 1. The Morgan fingerprint density at radius 3 is 2.11 bits per heavy atom. The van der Waals surface area contributed by atoms with Crippen molar-refractivity contribution in [2.75, 3.05) is 25.6 Å². The molecule has 2 aromatic rings. The number of hydrogen-bond donors (Lipinski definition) is 2. The predicted octanol–water partition coefficient (Wildman–Crippen LogP) is 2.99. The summed E-state index contributed by atoms with van der Waals surface area (Å²) in [4.78, 5) is 12.7. The van der Waals surface area contributed by atoms with E-state index in [-0.39, 0.29) is 24.0 Å². The average molecular weight is 391 g/mol. The van der Waals surface area contributed by atoms with Crippen molar-refractivity contribution >= 4 is 21.6 Å². The molecule has 0 aliphatic carbocycles. The van der Waals surface area contributed by atoms with Gasteiger partial charge < -0.3 is 10.1 Å². The molecule has 2 rings (SSSR count). The van der Waals surface area contributed by atoms with E-state index in [4.69, 9.17) is 4.74 Å². The standard InChI is InChI=1S/C20H26N2O4S/c1-4-15-7-6-8-16(5-2)19(15)22-20(23)17-9-11-18(12-10-17)27(24,25)21-13-14-26-3/h6-12,21H,4-5,13-14H2,1-3H3,(H,22,23). The SMILES string of the molecule is CCc1cccc(CC)c1NC(=O)c1ccc(S(=O)(=O)NCCOC)cc1. The summed E-state index contributed by atoms with van der Waals surface area (Å²) >= 11 is 0. The molecule has 2 N–H and O–H groups in total. The van der Waals surface area contributed by atoms with Crippen LogP contribution in [0, 0.1) is 0 Å². The van der Waals surface area contributed by atoms with Crippen LogP contribution in [0.3, 0.4) is 0 Å². The summed E-state index contributed by atoms with van der Waals surface area (Å²) in [5.41, 5.74) is 3.39. The molecular formula is C20H26N2O4S. The number of methoxy groups -OCH3 is 1. The Morgan fingerprint density at radius 1 is 1.00 bits per heavy atom. The van der Waals surface area contributed by atoms with E-state index in [0.29, 0.717) is 5.56 Å². The van der Waals surface area contributed by atoms with Crippen LogP contribution in [0.4, 0.5) is 5.69 Å². The number of ether oxygens (including phenoxy) is 1. The van der Waals surface area contributed by atoms with E-state index < -0.39 is 10.0 Å². The van der Waals surface area contributed by atoms with Crippen molar-refractivity contribution in [1.82, 2.24) is 4.72 Å². The molecule has 1 amide bonds. The number of carbonyl (C=O) groups excluding carboxylic acids is 1. The first kappa shape index (κ1) is 21.1. The Labute approximate surface area is 161 Å². The maximum Gasteiger partial charge on any atom is 0.255 e. The first-order valence-electron chi connectivity index (χ1n) is 8.93.